The molecule has 0 atom stereocenters. The summed E-state index contributed by atoms with van der Waals surface area (Å²) in [5.41, 5.74) is 5.93. The predicted molar refractivity (Wildman–Crippen MR) is 77.9 cm³/mol. The van der Waals surface area contributed by atoms with Crippen molar-refractivity contribution in [2.24, 2.45) is 7.05 Å². The Bertz CT molecular complexity index is 761. The lowest BCUT2D eigenvalue weighted by Gasteiger charge is -2.09. The monoisotopic (exact) mass is 332 g/mol. The van der Waals surface area contributed by atoms with Crippen LogP contribution < -0.4 is 10.5 Å². The van der Waals surface area contributed by atoms with E-state index in [-0.39, 0.29) is 17.3 Å². The summed E-state index contributed by atoms with van der Waals surface area (Å²) in [7, 11) is -2.25. The van der Waals surface area contributed by atoms with Crippen LogP contribution in [0.25, 0.3) is 0 Å². The summed E-state index contributed by atoms with van der Waals surface area (Å²) < 4.78 is 41.9. The molecular weight excluding hydrogens is 319 g/mol. The number of anilines is 1. The number of benzene rings is 1. The molecular formula is C12H14ClFN4O2S. The number of hydrogen-bond acceptors (Lipinski definition) is 4. The molecule has 0 radical (unpaired) electrons. The van der Waals surface area contributed by atoms with Crippen molar-refractivity contribution in [1.82, 2.24) is 14.5 Å². The third-order valence-electron chi connectivity index (χ3n) is 2.79. The summed E-state index contributed by atoms with van der Waals surface area (Å²) in [4.78, 5) is -0.557. The number of rotatable bonds is 5. The maximum Gasteiger partial charge on any atom is 0.243 e. The van der Waals surface area contributed by atoms with Crippen molar-refractivity contribution < 1.29 is 12.8 Å². The molecule has 0 unspecified atom stereocenters. The Hall–Kier alpha value is -1.64. The minimum absolute atomic E-state index is 0.0570. The number of hydrogen-bond donors (Lipinski definition) is 2. The molecule has 1 aromatic heterocycles. The van der Waals surface area contributed by atoms with E-state index in [0.29, 0.717) is 6.42 Å². The molecule has 0 fully saturated rings. The Morgan fingerprint density at radius 3 is 2.81 bits per heavy atom. The zero-order valence-electron chi connectivity index (χ0n) is 11.2. The number of halogens is 2. The standard InChI is InChI=1S/C12H14ClFN4O2S/c1-18-7-8(6-16-18)2-3-17-21(19,20)11-5-9(13)4-10(15)12(11)14/h4-7,17H,2-3,15H2,1H3. The number of aromatic nitrogens is 2. The predicted octanol–water partition coefficient (Wildman–Crippen LogP) is 1.32. The zero-order chi connectivity index (χ0) is 15.6. The highest BCUT2D eigenvalue weighted by molar-refractivity contribution is 7.89. The van der Waals surface area contributed by atoms with Crippen LogP contribution in [0, 0.1) is 5.82 Å². The Balaban J connectivity index is 2.12. The van der Waals surface area contributed by atoms with Gasteiger partial charge < -0.3 is 5.73 Å². The Morgan fingerprint density at radius 1 is 1.48 bits per heavy atom. The second-order valence-corrected chi connectivity index (χ2v) is 6.65. The van der Waals surface area contributed by atoms with E-state index in [0.717, 1.165) is 17.7 Å². The smallest absolute Gasteiger partial charge is 0.243 e. The number of nitrogens with two attached hydrogens (primary N) is 1. The van der Waals surface area contributed by atoms with Gasteiger partial charge in [0.25, 0.3) is 0 Å². The van der Waals surface area contributed by atoms with Gasteiger partial charge in [-0.05, 0) is 24.1 Å². The van der Waals surface area contributed by atoms with Gasteiger partial charge in [-0.1, -0.05) is 11.6 Å². The molecule has 0 amide bonds. The summed E-state index contributed by atoms with van der Waals surface area (Å²) in [6.07, 6.45) is 3.84. The molecule has 114 valence electrons. The van der Waals surface area contributed by atoms with Crippen LogP contribution in [0.15, 0.2) is 29.4 Å². The van der Waals surface area contributed by atoms with Gasteiger partial charge in [0.1, 0.15) is 4.90 Å². The molecule has 0 bridgehead atoms. The molecule has 0 aliphatic heterocycles. The molecule has 3 N–H and O–H groups in total. The van der Waals surface area contributed by atoms with Crippen molar-refractivity contribution in [3.63, 3.8) is 0 Å². The van der Waals surface area contributed by atoms with Crippen molar-refractivity contribution in [3.8, 4) is 0 Å². The zero-order valence-corrected chi connectivity index (χ0v) is 12.7. The van der Waals surface area contributed by atoms with Crippen LogP contribution in [-0.4, -0.2) is 24.7 Å². The van der Waals surface area contributed by atoms with Crippen molar-refractivity contribution in [1.29, 1.82) is 0 Å². The van der Waals surface area contributed by atoms with Gasteiger partial charge in [0.05, 0.1) is 11.9 Å². The van der Waals surface area contributed by atoms with E-state index < -0.39 is 20.7 Å². The molecule has 2 rings (SSSR count). The highest BCUT2D eigenvalue weighted by Crippen LogP contribution is 2.25. The van der Waals surface area contributed by atoms with Gasteiger partial charge in [-0.15, -0.1) is 0 Å². The first-order chi connectivity index (χ1) is 9.79. The molecule has 0 spiro atoms. The van der Waals surface area contributed by atoms with Crippen molar-refractivity contribution in [2.75, 3.05) is 12.3 Å². The summed E-state index contributed by atoms with van der Waals surface area (Å²) in [5.74, 6) is -1.01. The molecule has 0 aliphatic rings. The highest BCUT2D eigenvalue weighted by atomic mass is 35.5. The average Bonchev–Trinajstić information content (AvgIpc) is 2.79. The lowest BCUT2D eigenvalue weighted by Crippen LogP contribution is -2.27. The second kappa shape index (κ2) is 6.00. The number of nitrogens with one attached hydrogen (secondary N) is 1. The SMILES string of the molecule is Cn1cc(CCNS(=O)(=O)c2cc(Cl)cc(N)c2F)cn1. The van der Waals surface area contributed by atoms with Crippen LogP contribution >= 0.6 is 11.6 Å². The van der Waals surface area contributed by atoms with Gasteiger partial charge in [0, 0.05) is 24.8 Å². The molecule has 2 aromatic rings. The molecule has 6 nitrogen and oxygen atoms in total. The van der Waals surface area contributed by atoms with E-state index in [1.807, 2.05) is 0 Å². The van der Waals surface area contributed by atoms with Gasteiger partial charge >= 0.3 is 0 Å². The van der Waals surface area contributed by atoms with Gasteiger partial charge in [0.15, 0.2) is 5.82 Å². The maximum atomic E-state index is 13.8. The minimum Gasteiger partial charge on any atom is -0.396 e. The first kappa shape index (κ1) is 15.7. The van der Waals surface area contributed by atoms with E-state index in [1.54, 1.807) is 24.1 Å². The van der Waals surface area contributed by atoms with Crippen LogP contribution in [0.2, 0.25) is 5.02 Å². The Morgan fingerprint density at radius 2 is 2.19 bits per heavy atom. The lowest BCUT2D eigenvalue weighted by molar-refractivity contribution is 0.559. The first-order valence-corrected chi connectivity index (χ1v) is 7.87. The van der Waals surface area contributed by atoms with Crippen LogP contribution in [0.1, 0.15) is 5.56 Å². The summed E-state index contributed by atoms with van der Waals surface area (Å²) in [5, 5.41) is 4.03. The minimum atomic E-state index is -4.02. The molecule has 1 aromatic carbocycles. The van der Waals surface area contributed by atoms with Gasteiger partial charge in [0.2, 0.25) is 10.0 Å². The largest absolute Gasteiger partial charge is 0.396 e. The topological polar surface area (TPSA) is 90.0 Å². The highest BCUT2D eigenvalue weighted by Gasteiger charge is 2.21. The van der Waals surface area contributed by atoms with Crippen LogP contribution in [0.4, 0.5) is 10.1 Å². The lowest BCUT2D eigenvalue weighted by atomic mass is 10.3. The van der Waals surface area contributed by atoms with Gasteiger partial charge in [-0.2, -0.15) is 5.10 Å². The Labute approximate surface area is 126 Å². The maximum absolute atomic E-state index is 13.8. The van der Waals surface area contributed by atoms with Crippen LogP contribution in [-0.2, 0) is 23.5 Å². The van der Waals surface area contributed by atoms with E-state index in [9.17, 15) is 12.8 Å². The molecule has 0 saturated carbocycles. The van der Waals surface area contributed by atoms with Crippen LogP contribution in [0.3, 0.4) is 0 Å². The Kier molecular flexibility index (Phi) is 4.50. The molecule has 0 aliphatic carbocycles. The quantitative estimate of drug-likeness (QED) is 0.808. The normalized spacial score (nSPS) is 11.8. The van der Waals surface area contributed by atoms with E-state index >= 15 is 0 Å². The third-order valence-corrected chi connectivity index (χ3v) is 4.46. The summed E-state index contributed by atoms with van der Waals surface area (Å²) in [6.45, 7) is 0.111. The number of nitrogen functional groups attached to an aromatic ring is 1. The fourth-order valence-electron chi connectivity index (χ4n) is 1.79. The third kappa shape index (κ3) is 3.72. The molecule has 1 heterocycles. The van der Waals surface area contributed by atoms with Crippen molar-refractivity contribution >= 4 is 27.3 Å². The van der Waals surface area contributed by atoms with E-state index in [1.165, 1.54) is 0 Å². The number of aryl methyl sites for hydroxylation is 1. The molecule has 0 saturated heterocycles. The molecule has 21 heavy (non-hydrogen) atoms. The van der Waals surface area contributed by atoms with E-state index in [2.05, 4.69) is 9.82 Å². The van der Waals surface area contributed by atoms with Gasteiger partial charge in [-0.25, -0.2) is 17.5 Å². The van der Waals surface area contributed by atoms with Gasteiger partial charge in [-0.3, -0.25) is 4.68 Å². The van der Waals surface area contributed by atoms with Crippen LogP contribution in [0.5, 0.6) is 0 Å². The molecule has 9 heteroatoms. The first-order valence-electron chi connectivity index (χ1n) is 6.01. The van der Waals surface area contributed by atoms with E-state index in [4.69, 9.17) is 17.3 Å². The average molecular weight is 333 g/mol. The van der Waals surface area contributed by atoms with Crippen molar-refractivity contribution in [3.05, 3.63) is 40.9 Å². The second-order valence-electron chi connectivity index (χ2n) is 4.48. The summed E-state index contributed by atoms with van der Waals surface area (Å²) >= 11 is 5.71. The summed E-state index contributed by atoms with van der Waals surface area (Å²) in [6, 6.07) is 2.19. The fraction of sp³-hybridized carbons (Fsp3) is 0.250. The van der Waals surface area contributed by atoms with Crippen molar-refractivity contribution in [2.45, 2.75) is 11.3 Å². The fourth-order valence-corrected chi connectivity index (χ4v) is 3.24. The number of nitrogens with zero attached hydrogens (tertiary/aromatic N) is 2. The number of sulfonamides is 1.